The molecule has 0 radical (unpaired) electrons. The van der Waals surface area contributed by atoms with Crippen molar-refractivity contribution in [2.45, 2.75) is 32.7 Å². The van der Waals surface area contributed by atoms with E-state index in [-0.39, 0.29) is 24.2 Å². The van der Waals surface area contributed by atoms with Crippen LogP contribution in [0.15, 0.2) is 18.2 Å². The summed E-state index contributed by atoms with van der Waals surface area (Å²) in [5.41, 5.74) is 6.38. The smallest absolute Gasteiger partial charge is 0.165 e. The van der Waals surface area contributed by atoms with Gasteiger partial charge in [0, 0.05) is 11.6 Å². The third-order valence-electron chi connectivity index (χ3n) is 2.47. The van der Waals surface area contributed by atoms with Crippen LogP contribution >= 0.6 is 12.4 Å². The Morgan fingerprint density at radius 2 is 1.94 bits per heavy atom. The molecule has 0 unspecified atom stereocenters. The Morgan fingerprint density at radius 1 is 1.31 bits per heavy atom. The van der Waals surface area contributed by atoms with Gasteiger partial charge in [0.05, 0.1) is 0 Å². The highest BCUT2D eigenvalue weighted by Gasteiger charge is 2.13. The lowest BCUT2D eigenvalue weighted by Gasteiger charge is -2.14. The molecule has 0 aliphatic carbocycles. The predicted octanol–water partition coefficient (Wildman–Crippen LogP) is 3.39. The fourth-order valence-electron chi connectivity index (χ4n) is 1.50. The van der Waals surface area contributed by atoms with Crippen molar-refractivity contribution in [2.24, 2.45) is 11.7 Å². The van der Waals surface area contributed by atoms with Gasteiger partial charge in [0.2, 0.25) is 0 Å². The molecule has 4 heteroatoms. The Kier molecular flexibility index (Phi) is 6.38. The van der Waals surface area contributed by atoms with Crippen molar-refractivity contribution in [3.05, 3.63) is 29.6 Å². The summed E-state index contributed by atoms with van der Waals surface area (Å²) in [4.78, 5) is 0. The molecule has 0 aromatic heterocycles. The van der Waals surface area contributed by atoms with Crippen molar-refractivity contribution in [3.8, 4) is 5.75 Å². The molecule has 1 aromatic rings. The van der Waals surface area contributed by atoms with Gasteiger partial charge < -0.3 is 10.8 Å². The standard InChI is InChI=1S/C12H18FNO.ClH/c1-8(2)6-7-11(14)9-4-3-5-10(13)12(9)15;/h3-5,8,11,15H,6-7,14H2,1-2H3;1H/t11-;/m0./s1. The van der Waals surface area contributed by atoms with Gasteiger partial charge >= 0.3 is 0 Å². The molecule has 0 amide bonds. The summed E-state index contributed by atoms with van der Waals surface area (Å²) >= 11 is 0. The van der Waals surface area contributed by atoms with E-state index in [1.165, 1.54) is 6.07 Å². The number of benzene rings is 1. The highest BCUT2D eigenvalue weighted by Crippen LogP contribution is 2.28. The van der Waals surface area contributed by atoms with E-state index in [0.717, 1.165) is 12.8 Å². The Hall–Kier alpha value is -0.800. The molecule has 2 nitrogen and oxygen atoms in total. The third-order valence-corrected chi connectivity index (χ3v) is 2.47. The molecule has 1 aromatic carbocycles. The first-order valence-electron chi connectivity index (χ1n) is 5.25. The molecule has 0 aliphatic rings. The van der Waals surface area contributed by atoms with Gasteiger partial charge in [0.25, 0.3) is 0 Å². The molecule has 1 atom stereocenters. The van der Waals surface area contributed by atoms with E-state index in [0.29, 0.717) is 11.5 Å². The van der Waals surface area contributed by atoms with Crippen LogP contribution in [0.2, 0.25) is 0 Å². The number of phenolic OH excluding ortho intramolecular Hbond substituents is 1. The predicted molar refractivity (Wildman–Crippen MR) is 66.3 cm³/mol. The minimum absolute atomic E-state index is 0. The van der Waals surface area contributed by atoms with Crippen molar-refractivity contribution in [3.63, 3.8) is 0 Å². The highest BCUT2D eigenvalue weighted by molar-refractivity contribution is 5.85. The van der Waals surface area contributed by atoms with Crippen molar-refractivity contribution in [1.82, 2.24) is 0 Å². The fourth-order valence-corrected chi connectivity index (χ4v) is 1.50. The molecule has 16 heavy (non-hydrogen) atoms. The molecule has 0 aliphatic heterocycles. The highest BCUT2D eigenvalue weighted by atomic mass is 35.5. The number of phenols is 1. The van der Waals surface area contributed by atoms with Gasteiger partial charge in [0.15, 0.2) is 11.6 Å². The summed E-state index contributed by atoms with van der Waals surface area (Å²) in [6.07, 6.45) is 1.73. The maximum atomic E-state index is 13.0. The molecule has 1 rings (SSSR count). The molecule has 92 valence electrons. The zero-order valence-electron chi connectivity index (χ0n) is 9.61. The number of para-hydroxylation sites is 1. The minimum Gasteiger partial charge on any atom is -0.505 e. The van der Waals surface area contributed by atoms with Crippen molar-refractivity contribution < 1.29 is 9.50 Å². The van der Waals surface area contributed by atoms with Crippen molar-refractivity contribution in [1.29, 1.82) is 0 Å². The van der Waals surface area contributed by atoms with Gasteiger partial charge in [-0.15, -0.1) is 12.4 Å². The third kappa shape index (κ3) is 3.99. The maximum Gasteiger partial charge on any atom is 0.165 e. The quantitative estimate of drug-likeness (QED) is 0.857. The summed E-state index contributed by atoms with van der Waals surface area (Å²) in [6.45, 7) is 4.22. The van der Waals surface area contributed by atoms with Gasteiger partial charge in [-0.05, 0) is 24.8 Å². The first-order valence-corrected chi connectivity index (χ1v) is 5.25. The molecular formula is C12H19ClFNO. The van der Waals surface area contributed by atoms with Crippen LogP contribution in [0.5, 0.6) is 5.75 Å². The van der Waals surface area contributed by atoms with E-state index in [1.807, 2.05) is 0 Å². The second-order valence-corrected chi connectivity index (χ2v) is 4.26. The van der Waals surface area contributed by atoms with Crippen LogP contribution in [0.1, 0.15) is 38.3 Å². The lowest BCUT2D eigenvalue weighted by Crippen LogP contribution is -2.11. The number of hydrogen-bond donors (Lipinski definition) is 2. The number of nitrogens with two attached hydrogens (primary N) is 1. The average Bonchev–Trinajstić information content (AvgIpc) is 2.18. The van der Waals surface area contributed by atoms with Crippen LogP contribution in [0.3, 0.4) is 0 Å². The normalized spacial score (nSPS) is 12.3. The van der Waals surface area contributed by atoms with Crippen LogP contribution in [0.25, 0.3) is 0 Å². The molecule has 0 saturated carbocycles. The largest absolute Gasteiger partial charge is 0.505 e. The van der Waals surface area contributed by atoms with E-state index in [1.54, 1.807) is 12.1 Å². The number of aromatic hydroxyl groups is 1. The Labute approximate surface area is 102 Å². The zero-order chi connectivity index (χ0) is 11.4. The average molecular weight is 248 g/mol. The monoisotopic (exact) mass is 247 g/mol. The van der Waals surface area contributed by atoms with Crippen LogP contribution in [-0.4, -0.2) is 5.11 Å². The second kappa shape index (κ2) is 6.71. The van der Waals surface area contributed by atoms with Gasteiger partial charge in [-0.3, -0.25) is 0 Å². The number of hydrogen-bond acceptors (Lipinski definition) is 2. The summed E-state index contributed by atoms with van der Waals surface area (Å²) < 4.78 is 13.0. The van der Waals surface area contributed by atoms with E-state index in [2.05, 4.69) is 13.8 Å². The summed E-state index contributed by atoms with van der Waals surface area (Å²) in [5.74, 6) is -0.354. The van der Waals surface area contributed by atoms with E-state index in [4.69, 9.17) is 5.73 Å². The first-order chi connectivity index (χ1) is 7.02. The topological polar surface area (TPSA) is 46.2 Å². The van der Waals surface area contributed by atoms with Gasteiger partial charge in [-0.2, -0.15) is 0 Å². The molecule has 0 heterocycles. The molecule has 0 fully saturated rings. The Morgan fingerprint density at radius 3 is 2.50 bits per heavy atom. The molecule has 0 saturated heterocycles. The Balaban J connectivity index is 0.00000225. The van der Waals surface area contributed by atoms with Crippen LogP contribution < -0.4 is 5.73 Å². The summed E-state index contributed by atoms with van der Waals surface area (Å²) in [5, 5.41) is 9.48. The Bertz CT molecular complexity index is 331. The second-order valence-electron chi connectivity index (χ2n) is 4.26. The van der Waals surface area contributed by atoms with Crippen LogP contribution in [-0.2, 0) is 0 Å². The molecular weight excluding hydrogens is 229 g/mol. The van der Waals surface area contributed by atoms with Crippen molar-refractivity contribution in [2.75, 3.05) is 0 Å². The molecule has 0 spiro atoms. The van der Waals surface area contributed by atoms with Crippen molar-refractivity contribution >= 4 is 12.4 Å². The minimum atomic E-state index is -0.604. The van der Waals surface area contributed by atoms with E-state index < -0.39 is 5.82 Å². The number of halogens is 2. The summed E-state index contributed by atoms with van der Waals surface area (Å²) in [7, 11) is 0. The van der Waals surface area contributed by atoms with Gasteiger partial charge in [0.1, 0.15) is 0 Å². The SMILES string of the molecule is CC(C)CC[C@H](N)c1cccc(F)c1O.Cl. The zero-order valence-corrected chi connectivity index (χ0v) is 10.4. The van der Waals surface area contributed by atoms with Crippen LogP contribution in [0, 0.1) is 11.7 Å². The summed E-state index contributed by atoms with van der Waals surface area (Å²) in [6, 6.07) is 4.18. The first kappa shape index (κ1) is 15.2. The van der Waals surface area contributed by atoms with E-state index >= 15 is 0 Å². The fraction of sp³-hybridized carbons (Fsp3) is 0.500. The molecule has 3 N–H and O–H groups in total. The lowest BCUT2D eigenvalue weighted by molar-refractivity contribution is 0.413. The maximum absolute atomic E-state index is 13.0. The van der Waals surface area contributed by atoms with Gasteiger partial charge in [-0.25, -0.2) is 4.39 Å². The molecule has 0 bridgehead atoms. The lowest BCUT2D eigenvalue weighted by atomic mass is 9.97. The van der Waals surface area contributed by atoms with E-state index in [9.17, 15) is 9.50 Å². The van der Waals surface area contributed by atoms with Gasteiger partial charge in [-0.1, -0.05) is 26.0 Å². The van der Waals surface area contributed by atoms with Crippen LogP contribution in [0.4, 0.5) is 4.39 Å². The number of rotatable bonds is 4.